The molecule has 0 bridgehead atoms. The van der Waals surface area contributed by atoms with E-state index in [4.69, 9.17) is 8.92 Å². The van der Waals surface area contributed by atoms with Crippen LogP contribution in [0.3, 0.4) is 0 Å². The lowest BCUT2D eigenvalue weighted by molar-refractivity contribution is 0.000754. The van der Waals surface area contributed by atoms with E-state index in [1.165, 1.54) is 13.0 Å². The lowest BCUT2D eigenvalue weighted by Crippen LogP contribution is -2.26. The van der Waals surface area contributed by atoms with Crippen molar-refractivity contribution in [1.29, 1.82) is 0 Å². The largest absolute Gasteiger partial charge is 0.369 e. The normalized spacial score (nSPS) is 30.6. The van der Waals surface area contributed by atoms with Gasteiger partial charge in [-0.1, -0.05) is 18.2 Å². The summed E-state index contributed by atoms with van der Waals surface area (Å²) in [5, 5.41) is 0. The van der Waals surface area contributed by atoms with Gasteiger partial charge < -0.3 is 4.74 Å². The molecule has 1 aliphatic heterocycles. The third kappa shape index (κ3) is 3.19. The molecule has 0 aromatic heterocycles. The van der Waals surface area contributed by atoms with Crippen LogP contribution in [0.15, 0.2) is 29.2 Å². The summed E-state index contributed by atoms with van der Waals surface area (Å²) in [5.41, 5.74) is -0.830. The molecule has 0 amide bonds. The van der Waals surface area contributed by atoms with Crippen LogP contribution >= 0.6 is 0 Å². The van der Waals surface area contributed by atoms with Gasteiger partial charge in [0.05, 0.1) is 23.7 Å². The standard InChI is InChI=1S/C14H19FO4S/c1-10-6-4-5-7-13(10)20(16,17)18-9-12-8-14(3,15)11(2)19-12/h4-7,11-12H,8-9H2,1-3H3/t11-,12-,14+/m0/s1. The van der Waals surface area contributed by atoms with Crippen molar-refractivity contribution >= 4 is 10.1 Å². The van der Waals surface area contributed by atoms with Gasteiger partial charge in [0.15, 0.2) is 0 Å². The van der Waals surface area contributed by atoms with Crippen LogP contribution in [0.2, 0.25) is 0 Å². The number of alkyl halides is 1. The molecule has 1 fully saturated rings. The summed E-state index contributed by atoms with van der Waals surface area (Å²) in [6.07, 6.45) is -0.965. The minimum absolute atomic E-state index is 0.133. The highest BCUT2D eigenvalue weighted by atomic mass is 32.2. The Kier molecular flexibility index (Phi) is 4.18. The highest BCUT2D eigenvalue weighted by molar-refractivity contribution is 7.86. The van der Waals surface area contributed by atoms with Crippen molar-refractivity contribution in [3.63, 3.8) is 0 Å². The third-order valence-electron chi connectivity index (χ3n) is 3.64. The predicted octanol–water partition coefficient (Wildman–Crippen LogP) is 2.61. The molecule has 0 aliphatic carbocycles. The van der Waals surface area contributed by atoms with E-state index < -0.39 is 28.0 Å². The number of hydrogen-bond acceptors (Lipinski definition) is 4. The summed E-state index contributed by atoms with van der Waals surface area (Å²) >= 11 is 0. The molecule has 20 heavy (non-hydrogen) atoms. The Bertz CT molecular complexity index is 583. The lowest BCUT2D eigenvalue weighted by atomic mass is 10.00. The van der Waals surface area contributed by atoms with Gasteiger partial charge in [-0.15, -0.1) is 0 Å². The van der Waals surface area contributed by atoms with Gasteiger partial charge in [0.1, 0.15) is 5.67 Å². The fourth-order valence-electron chi connectivity index (χ4n) is 2.25. The first kappa shape index (κ1) is 15.4. The first-order valence-electron chi connectivity index (χ1n) is 6.52. The molecule has 112 valence electrons. The number of halogens is 1. The van der Waals surface area contributed by atoms with Crippen LogP contribution in [0.1, 0.15) is 25.8 Å². The highest BCUT2D eigenvalue weighted by Gasteiger charge is 2.43. The number of hydrogen-bond donors (Lipinski definition) is 0. The Labute approximate surface area is 119 Å². The lowest BCUT2D eigenvalue weighted by Gasteiger charge is -2.15. The van der Waals surface area contributed by atoms with E-state index in [1.54, 1.807) is 32.0 Å². The van der Waals surface area contributed by atoms with Crippen LogP contribution in [0.4, 0.5) is 4.39 Å². The van der Waals surface area contributed by atoms with Gasteiger partial charge in [-0.05, 0) is 32.4 Å². The molecule has 1 aromatic rings. The SMILES string of the molecule is Cc1ccccc1S(=O)(=O)OC[C@@H]1C[C@@](C)(F)[C@H](C)O1. The minimum Gasteiger partial charge on any atom is -0.369 e. The van der Waals surface area contributed by atoms with Crippen molar-refractivity contribution in [3.8, 4) is 0 Å². The van der Waals surface area contributed by atoms with Gasteiger partial charge in [-0.3, -0.25) is 4.18 Å². The number of benzene rings is 1. The summed E-state index contributed by atoms with van der Waals surface area (Å²) in [4.78, 5) is 0.133. The molecular weight excluding hydrogens is 283 g/mol. The fourth-order valence-corrected chi connectivity index (χ4v) is 3.42. The van der Waals surface area contributed by atoms with Crippen molar-refractivity contribution in [2.45, 2.75) is 50.0 Å². The summed E-state index contributed by atoms with van der Waals surface area (Å²) in [6.45, 7) is 4.62. The van der Waals surface area contributed by atoms with E-state index in [0.717, 1.165) is 0 Å². The van der Waals surface area contributed by atoms with Gasteiger partial charge in [-0.2, -0.15) is 8.42 Å². The maximum absolute atomic E-state index is 13.9. The molecule has 1 aliphatic rings. The zero-order valence-electron chi connectivity index (χ0n) is 11.8. The van der Waals surface area contributed by atoms with Gasteiger partial charge >= 0.3 is 0 Å². The van der Waals surface area contributed by atoms with Crippen molar-refractivity contribution in [2.24, 2.45) is 0 Å². The monoisotopic (exact) mass is 302 g/mol. The summed E-state index contributed by atoms with van der Waals surface area (Å²) in [7, 11) is -3.84. The maximum Gasteiger partial charge on any atom is 0.297 e. The third-order valence-corrected chi connectivity index (χ3v) is 5.09. The second-order valence-electron chi connectivity index (χ2n) is 5.39. The highest BCUT2D eigenvalue weighted by Crippen LogP contribution is 2.34. The van der Waals surface area contributed by atoms with E-state index in [2.05, 4.69) is 0 Å². The Balaban J connectivity index is 2.03. The summed E-state index contributed by atoms with van der Waals surface area (Å²) in [5.74, 6) is 0. The van der Waals surface area contributed by atoms with Crippen LogP contribution in [-0.4, -0.2) is 32.9 Å². The van der Waals surface area contributed by atoms with Crippen molar-refractivity contribution in [3.05, 3.63) is 29.8 Å². The molecule has 1 saturated heterocycles. The van der Waals surface area contributed by atoms with Crippen molar-refractivity contribution < 1.29 is 21.7 Å². The second kappa shape index (κ2) is 5.42. The van der Waals surface area contributed by atoms with Gasteiger partial charge in [0.25, 0.3) is 10.1 Å². The number of ether oxygens (including phenoxy) is 1. The summed E-state index contributed by atoms with van der Waals surface area (Å²) < 4.78 is 48.5. The fraction of sp³-hybridized carbons (Fsp3) is 0.571. The Morgan fingerprint density at radius 1 is 1.45 bits per heavy atom. The smallest absolute Gasteiger partial charge is 0.297 e. The van der Waals surface area contributed by atoms with Crippen molar-refractivity contribution in [2.75, 3.05) is 6.61 Å². The van der Waals surface area contributed by atoms with Crippen LogP contribution in [0.25, 0.3) is 0 Å². The van der Waals surface area contributed by atoms with Gasteiger partial charge in [-0.25, -0.2) is 4.39 Å². The molecule has 1 aromatic carbocycles. The Hall–Kier alpha value is -0.980. The molecule has 1 heterocycles. The summed E-state index contributed by atoms with van der Waals surface area (Å²) in [6, 6.07) is 6.58. The van der Waals surface area contributed by atoms with E-state index in [0.29, 0.717) is 5.56 Å². The zero-order chi connectivity index (χ0) is 15.0. The van der Waals surface area contributed by atoms with E-state index in [9.17, 15) is 12.8 Å². The predicted molar refractivity (Wildman–Crippen MR) is 72.8 cm³/mol. The van der Waals surface area contributed by atoms with E-state index >= 15 is 0 Å². The van der Waals surface area contributed by atoms with Gasteiger partial charge in [0, 0.05) is 6.42 Å². The topological polar surface area (TPSA) is 52.6 Å². The maximum atomic E-state index is 13.9. The van der Waals surface area contributed by atoms with Crippen LogP contribution < -0.4 is 0 Å². The van der Waals surface area contributed by atoms with E-state index in [-0.39, 0.29) is 17.9 Å². The van der Waals surface area contributed by atoms with Crippen LogP contribution in [0, 0.1) is 6.92 Å². The van der Waals surface area contributed by atoms with Crippen LogP contribution in [0.5, 0.6) is 0 Å². The Morgan fingerprint density at radius 2 is 2.10 bits per heavy atom. The van der Waals surface area contributed by atoms with Crippen molar-refractivity contribution in [1.82, 2.24) is 0 Å². The molecule has 0 N–H and O–H groups in total. The van der Waals surface area contributed by atoms with Crippen LogP contribution in [-0.2, 0) is 19.0 Å². The van der Waals surface area contributed by atoms with Gasteiger partial charge in [0.2, 0.25) is 0 Å². The first-order valence-corrected chi connectivity index (χ1v) is 7.92. The molecule has 6 heteroatoms. The average molecular weight is 302 g/mol. The molecule has 3 atom stereocenters. The Morgan fingerprint density at radius 3 is 2.65 bits per heavy atom. The molecular formula is C14H19FO4S. The minimum atomic E-state index is -3.84. The molecule has 4 nitrogen and oxygen atoms in total. The number of rotatable bonds is 4. The molecule has 0 spiro atoms. The quantitative estimate of drug-likeness (QED) is 0.802. The molecule has 0 radical (unpaired) electrons. The average Bonchev–Trinajstić information content (AvgIpc) is 2.61. The number of aryl methyl sites for hydroxylation is 1. The first-order chi connectivity index (χ1) is 9.22. The molecule has 0 unspecified atom stereocenters. The van der Waals surface area contributed by atoms with E-state index in [1.807, 2.05) is 0 Å². The molecule has 0 saturated carbocycles. The zero-order valence-corrected chi connectivity index (χ0v) is 12.6. The second-order valence-corrected chi connectivity index (χ2v) is 6.97. The molecule has 2 rings (SSSR count).